The van der Waals surface area contributed by atoms with Crippen LogP contribution in [-0.2, 0) is 5.88 Å². The summed E-state index contributed by atoms with van der Waals surface area (Å²) in [4.78, 5) is 27.3. The Hall–Kier alpha value is -2.48. The van der Waals surface area contributed by atoms with Crippen LogP contribution >= 0.6 is 11.6 Å². The monoisotopic (exact) mass is 296 g/mol. The van der Waals surface area contributed by atoms with Crippen molar-refractivity contribution >= 4 is 23.0 Å². The number of hydrogen-bond donors (Lipinski definition) is 1. The second-order valence-electron chi connectivity index (χ2n) is 4.04. The SMILES string of the molecule is Cc1[nH]c(-c2cc([N+](=O)[O-])cc([N+](=O)[O-])c2)nc1CCl. The highest BCUT2D eigenvalue weighted by Gasteiger charge is 2.19. The van der Waals surface area contributed by atoms with Crippen LogP contribution in [0, 0.1) is 27.2 Å². The second kappa shape index (κ2) is 5.25. The average Bonchev–Trinajstić information content (AvgIpc) is 2.79. The lowest BCUT2D eigenvalue weighted by atomic mass is 10.1. The van der Waals surface area contributed by atoms with Crippen LogP contribution in [0.25, 0.3) is 11.4 Å². The summed E-state index contributed by atoms with van der Waals surface area (Å²) in [5.41, 5.74) is 0.844. The Balaban J connectivity index is 2.60. The number of rotatable bonds is 4. The number of benzene rings is 1. The van der Waals surface area contributed by atoms with Crippen LogP contribution in [0.1, 0.15) is 11.4 Å². The molecule has 0 fully saturated rings. The van der Waals surface area contributed by atoms with Gasteiger partial charge in [-0.05, 0) is 6.92 Å². The molecule has 1 aromatic heterocycles. The Morgan fingerprint density at radius 1 is 1.20 bits per heavy atom. The lowest BCUT2D eigenvalue weighted by molar-refractivity contribution is -0.394. The van der Waals surface area contributed by atoms with E-state index < -0.39 is 9.85 Å². The van der Waals surface area contributed by atoms with Gasteiger partial charge >= 0.3 is 0 Å². The molecule has 1 aromatic carbocycles. The largest absolute Gasteiger partial charge is 0.342 e. The van der Waals surface area contributed by atoms with Gasteiger partial charge in [-0.3, -0.25) is 20.2 Å². The minimum atomic E-state index is -0.686. The van der Waals surface area contributed by atoms with Crippen molar-refractivity contribution in [3.8, 4) is 11.4 Å². The minimum absolute atomic E-state index is 0.180. The van der Waals surface area contributed by atoms with Gasteiger partial charge in [-0.25, -0.2) is 4.98 Å². The Kier molecular flexibility index (Phi) is 3.66. The molecule has 0 aliphatic rings. The summed E-state index contributed by atoms with van der Waals surface area (Å²) in [7, 11) is 0. The van der Waals surface area contributed by atoms with E-state index in [1.54, 1.807) is 6.92 Å². The molecule has 0 saturated heterocycles. The standard InChI is InChI=1S/C11H9ClN4O4/c1-6-10(5-12)14-11(13-6)7-2-8(15(17)18)4-9(3-7)16(19)20/h2-4H,5H2,1H3,(H,13,14). The second-order valence-corrected chi connectivity index (χ2v) is 4.31. The number of nitro groups is 2. The van der Waals surface area contributed by atoms with Crippen molar-refractivity contribution in [3.63, 3.8) is 0 Å². The molecule has 8 nitrogen and oxygen atoms in total. The number of aryl methyl sites for hydroxylation is 1. The van der Waals surface area contributed by atoms with Crippen LogP contribution in [0.15, 0.2) is 18.2 Å². The van der Waals surface area contributed by atoms with Crippen molar-refractivity contribution in [1.82, 2.24) is 9.97 Å². The normalized spacial score (nSPS) is 10.5. The third-order valence-electron chi connectivity index (χ3n) is 2.71. The summed E-state index contributed by atoms with van der Waals surface area (Å²) >= 11 is 5.70. The molecule has 0 spiro atoms. The number of aromatic amines is 1. The Morgan fingerprint density at radius 3 is 2.15 bits per heavy atom. The van der Waals surface area contributed by atoms with Gasteiger partial charge in [0.2, 0.25) is 0 Å². The minimum Gasteiger partial charge on any atom is -0.342 e. The molecule has 2 rings (SSSR count). The summed E-state index contributed by atoms with van der Waals surface area (Å²) in [5, 5.41) is 21.6. The Labute approximate surface area is 117 Å². The van der Waals surface area contributed by atoms with E-state index in [1.807, 2.05) is 0 Å². The van der Waals surface area contributed by atoms with Gasteiger partial charge in [-0.15, -0.1) is 11.6 Å². The molecular weight excluding hydrogens is 288 g/mol. The molecule has 0 saturated carbocycles. The zero-order valence-corrected chi connectivity index (χ0v) is 11.0. The summed E-state index contributed by atoms with van der Waals surface area (Å²) in [6, 6.07) is 3.36. The molecular formula is C11H9ClN4O4. The number of hydrogen-bond acceptors (Lipinski definition) is 5. The van der Waals surface area contributed by atoms with E-state index in [9.17, 15) is 20.2 Å². The third-order valence-corrected chi connectivity index (χ3v) is 2.96. The van der Waals surface area contributed by atoms with Gasteiger partial charge in [0.15, 0.2) is 0 Å². The molecule has 0 unspecified atom stereocenters. The predicted molar refractivity (Wildman–Crippen MR) is 71.6 cm³/mol. The molecule has 20 heavy (non-hydrogen) atoms. The van der Waals surface area contributed by atoms with Crippen molar-refractivity contribution in [2.45, 2.75) is 12.8 Å². The maximum atomic E-state index is 10.8. The van der Waals surface area contributed by atoms with E-state index in [4.69, 9.17) is 11.6 Å². The quantitative estimate of drug-likeness (QED) is 0.529. The van der Waals surface area contributed by atoms with Gasteiger partial charge in [0.05, 0.1) is 27.5 Å². The van der Waals surface area contributed by atoms with Gasteiger partial charge in [-0.1, -0.05) is 0 Å². The molecule has 0 atom stereocenters. The number of nitro benzene ring substituents is 2. The third kappa shape index (κ3) is 2.59. The van der Waals surface area contributed by atoms with Crippen molar-refractivity contribution in [2.24, 2.45) is 0 Å². The lowest BCUT2D eigenvalue weighted by Gasteiger charge is -1.98. The fourth-order valence-electron chi connectivity index (χ4n) is 1.71. The molecule has 2 aromatic rings. The topological polar surface area (TPSA) is 115 Å². The van der Waals surface area contributed by atoms with Gasteiger partial charge in [0.25, 0.3) is 11.4 Å². The highest BCUT2D eigenvalue weighted by molar-refractivity contribution is 6.17. The lowest BCUT2D eigenvalue weighted by Crippen LogP contribution is -1.94. The highest BCUT2D eigenvalue weighted by atomic mass is 35.5. The fraction of sp³-hybridized carbons (Fsp3) is 0.182. The van der Waals surface area contributed by atoms with E-state index in [0.717, 1.165) is 6.07 Å². The first-order valence-corrected chi connectivity index (χ1v) is 6.01. The molecule has 0 amide bonds. The first kappa shape index (κ1) is 13.9. The molecule has 0 aliphatic heterocycles. The van der Waals surface area contributed by atoms with E-state index in [-0.39, 0.29) is 22.8 Å². The molecule has 1 N–H and O–H groups in total. The van der Waals surface area contributed by atoms with Crippen molar-refractivity contribution in [2.75, 3.05) is 0 Å². The van der Waals surface area contributed by atoms with Crippen molar-refractivity contribution in [1.29, 1.82) is 0 Å². The van der Waals surface area contributed by atoms with Crippen LogP contribution < -0.4 is 0 Å². The maximum absolute atomic E-state index is 10.8. The molecule has 104 valence electrons. The van der Waals surface area contributed by atoms with Gasteiger partial charge in [-0.2, -0.15) is 0 Å². The van der Waals surface area contributed by atoms with Crippen molar-refractivity contribution < 1.29 is 9.85 Å². The van der Waals surface area contributed by atoms with Gasteiger partial charge in [0.1, 0.15) is 5.82 Å². The predicted octanol–water partition coefficient (Wildman–Crippen LogP) is 2.94. The summed E-state index contributed by atoms with van der Waals surface area (Å²) < 4.78 is 0. The van der Waals surface area contributed by atoms with Gasteiger partial charge in [0, 0.05) is 23.4 Å². The number of non-ortho nitro benzene ring substituents is 2. The Bertz CT molecular complexity index is 665. The first-order valence-electron chi connectivity index (χ1n) is 5.48. The summed E-state index contributed by atoms with van der Waals surface area (Å²) in [5.74, 6) is 0.490. The zero-order valence-electron chi connectivity index (χ0n) is 10.3. The first-order chi connectivity index (χ1) is 9.42. The number of imidazole rings is 1. The number of alkyl halides is 1. The van der Waals surface area contributed by atoms with Gasteiger partial charge < -0.3 is 4.98 Å². The van der Waals surface area contributed by atoms with E-state index in [2.05, 4.69) is 9.97 Å². The molecule has 9 heteroatoms. The molecule has 0 aliphatic carbocycles. The highest BCUT2D eigenvalue weighted by Crippen LogP contribution is 2.28. The summed E-state index contributed by atoms with van der Waals surface area (Å²) in [6.45, 7) is 1.75. The van der Waals surface area contributed by atoms with Crippen LogP contribution in [0.4, 0.5) is 11.4 Å². The number of aromatic nitrogens is 2. The smallest absolute Gasteiger partial charge is 0.277 e. The number of nitrogens with zero attached hydrogens (tertiary/aromatic N) is 3. The molecule has 1 heterocycles. The molecule has 0 bridgehead atoms. The zero-order chi connectivity index (χ0) is 14.9. The van der Waals surface area contributed by atoms with E-state index in [1.165, 1.54) is 12.1 Å². The number of nitrogens with one attached hydrogen (secondary N) is 1. The summed E-state index contributed by atoms with van der Waals surface area (Å²) in [6.07, 6.45) is 0. The number of halogens is 1. The van der Waals surface area contributed by atoms with Crippen LogP contribution in [0.5, 0.6) is 0 Å². The van der Waals surface area contributed by atoms with Crippen molar-refractivity contribution in [3.05, 3.63) is 49.8 Å². The van der Waals surface area contributed by atoms with E-state index >= 15 is 0 Å². The Morgan fingerprint density at radius 2 is 1.75 bits per heavy atom. The van der Waals surface area contributed by atoms with Crippen LogP contribution in [-0.4, -0.2) is 19.8 Å². The van der Waals surface area contributed by atoms with E-state index in [0.29, 0.717) is 17.2 Å². The van der Waals surface area contributed by atoms with Crippen LogP contribution in [0.3, 0.4) is 0 Å². The van der Waals surface area contributed by atoms with Crippen LogP contribution in [0.2, 0.25) is 0 Å². The molecule has 0 radical (unpaired) electrons. The maximum Gasteiger partial charge on any atom is 0.277 e. The fourth-order valence-corrected chi connectivity index (χ4v) is 1.97. The average molecular weight is 297 g/mol. The number of H-pyrrole nitrogens is 1.